The Morgan fingerprint density at radius 2 is 1.43 bits per heavy atom. The predicted molar refractivity (Wildman–Crippen MR) is 59.5 cm³/mol. The number of ether oxygens (including phenoxy) is 4. The molecular formula is C9H18O4Si. The summed E-state index contributed by atoms with van der Waals surface area (Å²) in [7, 11) is 5.50. The molecule has 0 atom stereocenters. The third-order valence-corrected chi connectivity index (χ3v) is 1.97. The number of methoxy groups -OCH3 is 3. The smallest absolute Gasteiger partial charge is 0.311 e. The van der Waals surface area contributed by atoms with Crippen LogP contribution >= 0.6 is 0 Å². The zero-order valence-corrected chi connectivity index (χ0v) is 11.2. The molecule has 0 fully saturated rings. The molecule has 0 aromatic heterocycles. The third-order valence-electron chi connectivity index (χ3n) is 1.16. The lowest BCUT2D eigenvalue weighted by molar-refractivity contribution is 0.0758. The molecule has 0 aromatic rings. The van der Waals surface area contributed by atoms with Crippen molar-refractivity contribution in [2.24, 2.45) is 0 Å². The van der Waals surface area contributed by atoms with Crippen LogP contribution in [0.25, 0.3) is 0 Å². The van der Waals surface area contributed by atoms with Gasteiger partial charge in [-0.3, -0.25) is 0 Å². The Labute approximate surface area is 88.2 Å². The minimum atomic E-state index is 0.476. The first-order valence-electron chi connectivity index (χ1n) is 3.88. The summed E-state index contributed by atoms with van der Waals surface area (Å²) in [5.74, 6) is 0.476. The van der Waals surface area contributed by atoms with Crippen LogP contribution in [0.5, 0.6) is 0 Å². The Bertz CT molecular complexity index is 177. The molecule has 0 unspecified atom stereocenters. The maximum Gasteiger partial charge on any atom is 0.311 e. The molecular weight excluding hydrogens is 200 g/mol. The Hall–Kier alpha value is -1.36. The van der Waals surface area contributed by atoms with Crippen molar-refractivity contribution in [3.8, 4) is 0 Å². The van der Waals surface area contributed by atoms with Crippen molar-refractivity contribution in [1.29, 1.82) is 0 Å². The highest BCUT2D eigenvalue weighted by Gasteiger charge is 1.98. The van der Waals surface area contributed by atoms with Crippen molar-refractivity contribution in [3.05, 3.63) is 37.0 Å². The molecule has 0 heterocycles. The molecule has 14 heavy (non-hydrogen) atoms. The van der Waals surface area contributed by atoms with Gasteiger partial charge in [0.1, 0.15) is 5.38 Å². The molecule has 4 nitrogen and oxygen atoms in total. The van der Waals surface area contributed by atoms with Crippen LogP contribution in [-0.2, 0) is 18.9 Å². The van der Waals surface area contributed by atoms with Crippen LogP contribution in [0.4, 0.5) is 0 Å². The second kappa shape index (κ2) is 11.6. The Kier molecular flexibility index (Phi) is 12.6. The molecule has 0 saturated heterocycles. The minimum absolute atomic E-state index is 0.476. The standard InChI is InChI=1S/C5H12O3Si.C4H6O/c1-6-4(7-2)5(9)8-3;1-3-5-4-2/h1-3,9H3;3-4H,1-2H2. The van der Waals surface area contributed by atoms with Gasteiger partial charge in [0.05, 0.1) is 44.1 Å². The maximum absolute atomic E-state index is 4.89. The third kappa shape index (κ3) is 8.73. The molecule has 5 heteroatoms. The zero-order chi connectivity index (χ0) is 11.4. The molecule has 0 amide bonds. The minimum Gasteiger partial charge on any atom is -0.500 e. The van der Waals surface area contributed by atoms with E-state index in [-0.39, 0.29) is 0 Å². The van der Waals surface area contributed by atoms with Crippen LogP contribution in [0, 0.1) is 0 Å². The molecule has 0 spiro atoms. The fourth-order valence-electron chi connectivity index (χ4n) is 0.522. The summed E-state index contributed by atoms with van der Waals surface area (Å²) in [6, 6.07) is 0. The number of hydrogen-bond donors (Lipinski definition) is 0. The highest BCUT2D eigenvalue weighted by atomic mass is 28.1. The van der Waals surface area contributed by atoms with E-state index in [0.29, 0.717) is 5.95 Å². The SMILES string of the molecule is C=COC=C.COC([SiH3])=C(OC)OC. The summed E-state index contributed by atoms with van der Waals surface area (Å²) in [6.45, 7) is 6.51. The van der Waals surface area contributed by atoms with Gasteiger partial charge in [0, 0.05) is 0 Å². The van der Waals surface area contributed by atoms with E-state index < -0.39 is 0 Å². The highest BCUT2D eigenvalue weighted by Crippen LogP contribution is 2.01. The summed E-state index contributed by atoms with van der Waals surface area (Å²) >= 11 is 0. The zero-order valence-electron chi connectivity index (χ0n) is 9.20. The first-order chi connectivity index (χ1) is 6.67. The predicted octanol–water partition coefficient (Wildman–Crippen LogP) is 0.708. The fraction of sp³-hybridized carbons (Fsp3) is 0.333. The summed E-state index contributed by atoms with van der Waals surface area (Å²) in [6.07, 6.45) is 2.62. The lowest BCUT2D eigenvalue weighted by atomic mass is 10.9. The fourth-order valence-corrected chi connectivity index (χ4v) is 0.930. The van der Waals surface area contributed by atoms with Crippen LogP contribution < -0.4 is 0 Å². The molecule has 0 saturated carbocycles. The Balaban J connectivity index is 0. The summed E-state index contributed by atoms with van der Waals surface area (Å²) in [5.41, 5.74) is 0. The van der Waals surface area contributed by atoms with Crippen molar-refractivity contribution in [2.75, 3.05) is 21.3 Å². The second-order valence-corrected chi connectivity index (χ2v) is 2.83. The van der Waals surface area contributed by atoms with Crippen LogP contribution in [-0.4, -0.2) is 31.6 Å². The maximum atomic E-state index is 4.89. The molecule has 0 radical (unpaired) electrons. The van der Waals surface area contributed by atoms with Crippen molar-refractivity contribution < 1.29 is 18.9 Å². The summed E-state index contributed by atoms with van der Waals surface area (Å²) in [4.78, 5) is 0. The highest BCUT2D eigenvalue weighted by molar-refractivity contribution is 6.20. The molecule has 82 valence electrons. The van der Waals surface area contributed by atoms with Crippen LogP contribution in [0.15, 0.2) is 37.0 Å². The lowest BCUT2D eigenvalue weighted by Crippen LogP contribution is -1.98. The van der Waals surface area contributed by atoms with E-state index >= 15 is 0 Å². The molecule has 0 aliphatic rings. The van der Waals surface area contributed by atoms with Gasteiger partial charge in [0.2, 0.25) is 0 Å². The Morgan fingerprint density at radius 1 is 1.00 bits per heavy atom. The van der Waals surface area contributed by atoms with E-state index in [1.165, 1.54) is 12.5 Å². The number of hydrogen-bond acceptors (Lipinski definition) is 4. The first-order valence-corrected chi connectivity index (χ1v) is 4.88. The largest absolute Gasteiger partial charge is 0.500 e. The molecule has 0 rings (SSSR count). The van der Waals surface area contributed by atoms with E-state index in [0.717, 1.165) is 15.6 Å². The van der Waals surface area contributed by atoms with Gasteiger partial charge in [-0.15, -0.1) is 0 Å². The summed E-state index contributed by atoms with van der Waals surface area (Å²) < 4.78 is 18.9. The average molecular weight is 218 g/mol. The van der Waals surface area contributed by atoms with Gasteiger partial charge in [-0.2, -0.15) is 0 Å². The van der Waals surface area contributed by atoms with Gasteiger partial charge in [-0.1, -0.05) is 13.2 Å². The van der Waals surface area contributed by atoms with E-state index in [1.807, 2.05) is 0 Å². The normalized spacial score (nSPS) is 7.36. The summed E-state index contributed by atoms with van der Waals surface area (Å²) in [5, 5.41) is 0.778. The first kappa shape index (κ1) is 15.1. The monoisotopic (exact) mass is 218 g/mol. The quantitative estimate of drug-likeness (QED) is 0.503. The van der Waals surface area contributed by atoms with Gasteiger partial charge >= 0.3 is 5.95 Å². The van der Waals surface area contributed by atoms with E-state index in [1.54, 1.807) is 21.3 Å². The van der Waals surface area contributed by atoms with Crippen LogP contribution in [0.1, 0.15) is 0 Å². The van der Waals surface area contributed by atoms with Gasteiger partial charge < -0.3 is 18.9 Å². The van der Waals surface area contributed by atoms with Crippen molar-refractivity contribution in [3.63, 3.8) is 0 Å². The van der Waals surface area contributed by atoms with E-state index in [2.05, 4.69) is 17.9 Å². The van der Waals surface area contributed by atoms with Gasteiger partial charge in [-0.25, -0.2) is 0 Å². The van der Waals surface area contributed by atoms with Crippen LogP contribution in [0.3, 0.4) is 0 Å². The average Bonchev–Trinajstić information content (AvgIpc) is 2.21. The van der Waals surface area contributed by atoms with Gasteiger partial charge in [0.25, 0.3) is 0 Å². The van der Waals surface area contributed by atoms with Gasteiger partial charge in [-0.05, 0) is 0 Å². The molecule has 0 aliphatic carbocycles. The molecule has 0 N–H and O–H groups in total. The van der Waals surface area contributed by atoms with E-state index in [4.69, 9.17) is 14.2 Å². The molecule has 0 bridgehead atoms. The second-order valence-electron chi connectivity index (χ2n) is 1.93. The van der Waals surface area contributed by atoms with Crippen LogP contribution in [0.2, 0.25) is 0 Å². The molecule has 0 aromatic carbocycles. The van der Waals surface area contributed by atoms with Crippen molar-refractivity contribution in [1.82, 2.24) is 0 Å². The van der Waals surface area contributed by atoms with Crippen molar-refractivity contribution >= 4 is 10.2 Å². The van der Waals surface area contributed by atoms with Gasteiger partial charge in [0.15, 0.2) is 0 Å². The topological polar surface area (TPSA) is 36.9 Å². The molecule has 0 aliphatic heterocycles. The van der Waals surface area contributed by atoms with E-state index in [9.17, 15) is 0 Å². The Morgan fingerprint density at radius 3 is 1.50 bits per heavy atom. The van der Waals surface area contributed by atoms with Crippen molar-refractivity contribution in [2.45, 2.75) is 0 Å². The number of rotatable bonds is 5. The lowest BCUT2D eigenvalue weighted by Gasteiger charge is -2.06.